The van der Waals surface area contributed by atoms with Gasteiger partial charge in [0.2, 0.25) is 0 Å². The number of hydrogen-bond acceptors (Lipinski definition) is 3. The van der Waals surface area contributed by atoms with Gasteiger partial charge < -0.3 is 10.6 Å². The van der Waals surface area contributed by atoms with E-state index in [0.29, 0.717) is 6.54 Å². The van der Waals surface area contributed by atoms with Crippen LogP contribution in [0, 0.1) is 12.7 Å². The first kappa shape index (κ1) is 18.4. The number of benzene rings is 1. The first-order valence-electron chi connectivity index (χ1n) is 8.34. The largest absolute Gasteiger partial charge is 0.357 e. The first-order chi connectivity index (χ1) is 11.6. The van der Waals surface area contributed by atoms with Crippen molar-refractivity contribution in [2.75, 3.05) is 13.1 Å². The van der Waals surface area contributed by atoms with E-state index in [2.05, 4.69) is 34.5 Å². The van der Waals surface area contributed by atoms with Crippen molar-refractivity contribution in [3.8, 4) is 0 Å². The number of halogens is 1. The minimum atomic E-state index is -0.230. The smallest absolute Gasteiger partial charge is 0.191 e. The highest BCUT2D eigenvalue weighted by molar-refractivity contribution is 7.11. The molecule has 0 amide bonds. The van der Waals surface area contributed by atoms with Crippen LogP contribution >= 0.6 is 11.3 Å². The van der Waals surface area contributed by atoms with Gasteiger partial charge in [-0.15, -0.1) is 11.3 Å². The van der Waals surface area contributed by atoms with E-state index in [4.69, 9.17) is 0 Å². The third-order valence-corrected chi connectivity index (χ3v) is 4.63. The van der Waals surface area contributed by atoms with E-state index in [1.165, 1.54) is 22.7 Å². The van der Waals surface area contributed by atoms with Gasteiger partial charge in [0.25, 0.3) is 0 Å². The minimum absolute atomic E-state index is 0.230. The maximum Gasteiger partial charge on any atom is 0.191 e. The minimum Gasteiger partial charge on any atom is -0.357 e. The average Bonchev–Trinajstić information content (AvgIpc) is 2.92. The van der Waals surface area contributed by atoms with E-state index in [-0.39, 0.29) is 5.82 Å². The normalized spacial score (nSPS) is 11.6. The Morgan fingerprint density at radius 2 is 2.12 bits per heavy atom. The lowest BCUT2D eigenvalue weighted by Gasteiger charge is -2.10. The molecular formula is C18H25FN4S. The molecule has 1 aromatic heterocycles. The van der Waals surface area contributed by atoms with E-state index in [0.717, 1.165) is 42.5 Å². The summed E-state index contributed by atoms with van der Waals surface area (Å²) in [6.45, 7) is 8.28. The number of guanidine groups is 1. The second-order valence-corrected chi connectivity index (χ2v) is 6.75. The highest BCUT2D eigenvalue weighted by Crippen LogP contribution is 2.17. The Balaban J connectivity index is 1.89. The van der Waals surface area contributed by atoms with Gasteiger partial charge in [-0.3, -0.25) is 0 Å². The third-order valence-electron chi connectivity index (χ3n) is 3.56. The molecule has 2 aromatic rings. The van der Waals surface area contributed by atoms with Crippen LogP contribution < -0.4 is 10.6 Å². The van der Waals surface area contributed by atoms with Crippen LogP contribution in [0.2, 0.25) is 0 Å². The summed E-state index contributed by atoms with van der Waals surface area (Å²) in [5.41, 5.74) is 2.05. The second kappa shape index (κ2) is 9.37. The van der Waals surface area contributed by atoms with Gasteiger partial charge in [0.1, 0.15) is 5.82 Å². The zero-order chi connectivity index (χ0) is 17.4. The molecule has 4 nitrogen and oxygen atoms in total. The summed E-state index contributed by atoms with van der Waals surface area (Å²) in [5.74, 6) is 0.511. The Bertz CT molecular complexity index is 681. The molecule has 0 saturated carbocycles. The summed E-state index contributed by atoms with van der Waals surface area (Å²) in [6, 6.07) is 6.53. The Morgan fingerprint density at radius 3 is 2.79 bits per heavy atom. The topological polar surface area (TPSA) is 49.3 Å². The Morgan fingerprint density at radius 1 is 1.29 bits per heavy atom. The van der Waals surface area contributed by atoms with Gasteiger partial charge in [0, 0.05) is 24.4 Å². The highest BCUT2D eigenvalue weighted by Gasteiger charge is 2.06. The van der Waals surface area contributed by atoms with Crippen LogP contribution in [0.5, 0.6) is 0 Å². The lowest BCUT2D eigenvalue weighted by Crippen LogP contribution is -2.38. The van der Waals surface area contributed by atoms with Gasteiger partial charge in [-0.1, -0.05) is 19.1 Å². The number of hydrogen-bond donors (Lipinski definition) is 2. The Labute approximate surface area is 147 Å². The lowest BCUT2D eigenvalue weighted by molar-refractivity contribution is 0.625. The van der Waals surface area contributed by atoms with Crippen molar-refractivity contribution in [1.82, 2.24) is 15.6 Å². The van der Waals surface area contributed by atoms with Crippen molar-refractivity contribution in [3.63, 3.8) is 0 Å². The van der Waals surface area contributed by atoms with Crippen LogP contribution in [0.25, 0.3) is 0 Å². The van der Waals surface area contributed by atoms with E-state index in [9.17, 15) is 4.39 Å². The van der Waals surface area contributed by atoms with Crippen LogP contribution in [0.4, 0.5) is 4.39 Å². The van der Waals surface area contributed by atoms with Crippen LogP contribution in [-0.4, -0.2) is 24.0 Å². The van der Waals surface area contributed by atoms with Gasteiger partial charge in [-0.2, -0.15) is 0 Å². The molecule has 24 heavy (non-hydrogen) atoms. The van der Waals surface area contributed by atoms with Gasteiger partial charge in [0.05, 0.1) is 17.2 Å². The summed E-state index contributed by atoms with van der Waals surface area (Å²) in [6.07, 6.45) is 1.85. The fourth-order valence-electron chi connectivity index (χ4n) is 2.36. The summed E-state index contributed by atoms with van der Waals surface area (Å²) >= 11 is 1.76. The van der Waals surface area contributed by atoms with E-state index in [1.807, 2.05) is 13.0 Å². The molecule has 0 unspecified atom stereocenters. The van der Waals surface area contributed by atoms with Gasteiger partial charge in [0.15, 0.2) is 5.96 Å². The number of nitrogens with one attached hydrogen (secondary N) is 2. The molecular weight excluding hydrogens is 323 g/mol. The molecule has 6 heteroatoms. The highest BCUT2D eigenvalue weighted by atomic mass is 32.1. The molecule has 0 bridgehead atoms. The Hall–Kier alpha value is -1.95. The molecule has 0 radical (unpaired) electrons. The Kier molecular flexibility index (Phi) is 7.18. The molecule has 0 aliphatic carbocycles. The molecule has 0 aliphatic rings. The second-order valence-electron chi connectivity index (χ2n) is 5.47. The summed E-state index contributed by atoms with van der Waals surface area (Å²) < 4.78 is 13.2. The molecule has 0 spiro atoms. The zero-order valence-electron chi connectivity index (χ0n) is 14.5. The molecule has 0 atom stereocenters. The number of aryl methyl sites for hydroxylation is 2. The number of thiazole rings is 1. The number of aliphatic imine (C=N–C) groups is 1. The lowest BCUT2D eigenvalue weighted by atomic mass is 10.2. The first-order valence-corrected chi connectivity index (χ1v) is 9.15. The number of rotatable bonds is 7. The van der Waals surface area contributed by atoms with Crippen LogP contribution in [0.15, 0.2) is 29.3 Å². The van der Waals surface area contributed by atoms with Crippen molar-refractivity contribution in [2.45, 2.75) is 40.2 Å². The SMILES string of the molecule is CCNC(=NCc1cccc(F)c1)NCCc1nc(CC)c(C)s1. The number of aromatic nitrogens is 1. The van der Waals surface area contributed by atoms with Gasteiger partial charge in [-0.05, 0) is 38.0 Å². The van der Waals surface area contributed by atoms with E-state index in [1.54, 1.807) is 17.4 Å². The maximum atomic E-state index is 13.2. The fourth-order valence-corrected chi connectivity index (χ4v) is 3.38. The van der Waals surface area contributed by atoms with Crippen molar-refractivity contribution in [2.24, 2.45) is 4.99 Å². The maximum absolute atomic E-state index is 13.2. The molecule has 0 aliphatic heterocycles. The van der Waals surface area contributed by atoms with E-state index < -0.39 is 0 Å². The predicted molar refractivity (Wildman–Crippen MR) is 99.2 cm³/mol. The van der Waals surface area contributed by atoms with Crippen LogP contribution in [0.1, 0.15) is 35.0 Å². The zero-order valence-corrected chi connectivity index (χ0v) is 15.3. The summed E-state index contributed by atoms with van der Waals surface area (Å²) in [5, 5.41) is 7.67. The monoisotopic (exact) mass is 348 g/mol. The predicted octanol–water partition coefficient (Wildman–Crippen LogP) is 3.45. The summed E-state index contributed by atoms with van der Waals surface area (Å²) in [7, 11) is 0. The fraction of sp³-hybridized carbons (Fsp3) is 0.444. The molecule has 2 rings (SSSR count). The van der Waals surface area contributed by atoms with Crippen molar-refractivity contribution in [3.05, 3.63) is 51.2 Å². The average molecular weight is 348 g/mol. The van der Waals surface area contributed by atoms with Crippen molar-refractivity contribution < 1.29 is 4.39 Å². The quantitative estimate of drug-likeness (QED) is 0.595. The van der Waals surface area contributed by atoms with Gasteiger partial charge in [-0.25, -0.2) is 14.4 Å². The standard InChI is InChI=1S/C18H25FN4S/c1-4-16-13(3)24-17(23-16)9-10-21-18(20-5-2)22-12-14-7-6-8-15(19)11-14/h6-8,11H,4-5,9-10,12H2,1-3H3,(H2,20,21,22). The molecule has 130 valence electrons. The van der Waals surface area contributed by atoms with E-state index >= 15 is 0 Å². The van der Waals surface area contributed by atoms with Crippen molar-refractivity contribution >= 4 is 17.3 Å². The van der Waals surface area contributed by atoms with Crippen LogP contribution in [0.3, 0.4) is 0 Å². The summed E-state index contributed by atoms with van der Waals surface area (Å²) in [4.78, 5) is 10.5. The molecule has 1 aromatic carbocycles. The third kappa shape index (κ3) is 5.60. The van der Waals surface area contributed by atoms with Crippen LogP contribution in [-0.2, 0) is 19.4 Å². The molecule has 0 fully saturated rings. The molecule has 0 saturated heterocycles. The number of nitrogens with zero attached hydrogens (tertiary/aromatic N) is 2. The molecule has 2 N–H and O–H groups in total. The molecule has 1 heterocycles. The van der Waals surface area contributed by atoms with Gasteiger partial charge >= 0.3 is 0 Å². The van der Waals surface area contributed by atoms with Crippen molar-refractivity contribution in [1.29, 1.82) is 0 Å².